The molecule has 0 aliphatic rings. The standard InChI is InChI=1S/C21H28FN3O4S/c1-15(2)19(20(26)24-29-21(3,4)5)25(14-16-7-6-12-23-13-16)30(27,28)18-10-8-17(22)9-11-18/h6-13,15,19H,14H2,1-5H3,(H,24,26)/t19-/m1/s1. The zero-order valence-corrected chi connectivity index (χ0v) is 18.6. The molecule has 1 aromatic heterocycles. The van der Waals surface area contributed by atoms with E-state index in [1.165, 1.54) is 18.3 Å². The molecule has 0 aliphatic carbocycles. The fraction of sp³-hybridized carbons (Fsp3) is 0.429. The zero-order valence-electron chi connectivity index (χ0n) is 17.8. The van der Waals surface area contributed by atoms with Gasteiger partial charge in [0.15, 0.2) is 0 Å². The van der Waals surface area contributed by atoms with Crippen molar-refractivity contribution in [1.29, 1.82) is 0 Å². The summed E-state index contributed by atoms with van der Waals surface area (Å²) in [6.45, 7) is 8.70. The SMILES string of the molecule is CC(C)[C@H](C(=O)NOC(C)(C)C)N(Cc1cccnc1)S(=O)(=O)c1ccc(F)cc1. The predicted octanol–water partition coefficient (Wildman–Crippen LogP) is 3.28. The number of hydrogen-bond acceptors (Lipinski definition) is 5. The third-order valence-electron chi connectivity index (χ3n) is 4.15. The van der Waals surface area contributed by atoms with Crippen molar-refractivity contribution in [3.05, 3.63) is 60.2 Å². The summed E-state index contributed by atoms with van der Waals surface area (Å²) >= 11 is 0. The molecule has 0 radical (unpaired) electrons. The van der Waals surface area contributed by atoms with Crippen LogP contribution in [0.15, 0.2) is 53.7 Å². The highest BCUT2D eigenvalue weighted by molar-refractivity contribution is 7.89. The maximum Gasteiger partial charge on any atom is 0.262 e. The van der Waals surface area contributed by atoms with Gasteiger partial charge in [-0.25, -0.2) is 18.3 Å². The number of aromatic nitrogens is 1. The first-order valence-corrected chi connectivity index (χ1v) is 11.0. The smallest absolute Gasteiger partial charge is 0.262 e. The summed E-state index contributed by atoms with van der Waals surface area (Å²) in [5.74, 6) is -1.51. The van der Waals surface area contributed by atoms with E-state index in [-0.39, 0.29) is 17.4 Å². The van der Waals surface area contributed by atoms with Gasteiger partial charge >= 0.3 is 0 Å². The maximum absolute atomic E-state index is 13.5. The number of carbonyl (C=O) groups excluding carboxylic acids is 1. The third kappa shape index (κ3) is 6.32. The summed E-state index contributed by atoms with van der Waals surface area (Å²) in [7, 11) is -4.14. The summed E-state index contributed by atoms with van der Waals surface area (Å²) in [4.78, 5) is 22.3. The van der Waals surface area contributed by atoms with Crippen LogP contribution >= 0.6 is 0 Å². The molecule has 0 spiro atoms. The highest BCUT2D eigenvalue weighted by atomic mass is 32.2. The molecule has 1 amide bonds. The average Bonchev–Trinajstić information content (AvgIpc) is 2.66. The molecule has 1 atom stereocenters. The van der Waals surface area contributed by atoms with Gasteiger partial charge in [-0.2, -0.15) is 4.31 Å². The van der Waals surface area contributed by atoms with E-state index in [1.807, 2.05) is 0 Å². The molecule has 9 heteroatoms. The summed E-state index contributed by atoms with van der Waals surface area (Å²) in [5, 5.41) is 0. The number of hydrogen-bond donors (Lipinski definition) is 1. The van der Waals surface area contributed by atoms with Gasteiger partial charge in [0.2, 0.25) is 10.0 Å². The number of nitrogens with zero attached hydrogens (tertiary/aromatic N) is 2. The van der Waals surface area contributed by atoms with Crippen molar-refractivity contribution in [2.24, 2.45) is 5.92 Å². The van der Waals surface area contributed by atoms with E-state index < -0.39 is 33.4 Å². The Hall–Kier alpha value is -2.36. The lowest BCUT2D eigenvalue weighted by molar-refractivity contribution is -0.151. The van der Waals surface area contributed by atoms with E-state index >= 15 is 0 Å². The van der Waals surface area contributed by atoms with Crippen LogP contribution in [0.5, 0.6) is 0 Å². The van der Waals surface area contributed by atoms with Gasteiger partial charge in [0.1, 0.15) is 11.9 Å². The van der Waals surface area contributed by atoms with Crippen molar-refractivity contribution in [3.63, 3.8) is 0 Å². The first-order valence-electron chi connectivity index (χ1n) is 9.56. The molecule has 0 bridgehead atoms. The highest BCUT2D eigenvalue weighted by Gasteiger charge is 2.38. The number of halogens is 1. The van der Waals surface area contributed by atoms with Crippen LogP contribution in [-0.2, 0) is 26.2 Å². The normalized spacial score (nSPS) is 13.5. The third-order valence-corrected chi connectivity index (χ3v) is 5.99. The van der Waals surface area contributed by atoms with Crippen LogP contribution < -0.4 is 5.48 Å². The highest BCUT2D eigenvalue weighted by Crippen LogP contribution is 2.25. The molecular formula is C21H28FN3O4S. The average molecular weight is 438 g/mol. The van der Waals surface area contributed by atoms with Crippen LogP contribution in [0.2, 0.25) is 0 Å². The second-order valence-corrected chi connectivity index (χ2v) is 10.1. The van der Waals surface area contributed by atoms with Gasteiger partial charge in [0, 0.05) is 18.9 Å². The molecule has 1 N–H and O–H groups in total. The first kappa shape index (κ1) is 23.9. The van der Waals surface area contributed by atoms with Crippen molar-refractivity contribution in [1.82, 2.24) is 14.8 Å². The molecule has 7 nitrogen and oxygen atoms in total. The van der Waals surface area contributed by atoms with Gasteiger partial charge < -0.3 is 0 Å². The van der Waals surface area contributed by atoms with Crippen LogP contribution in [0.1, 0.15) is 40.2 Å². The van der Waals surface area contributed by atoms with Gasteiger partial charge in [0.25, 0.3) is 5.91 Å². The number of sulfonamides is 1. The Bertz CT molecular complexity index is 942. The van der Waals surface area contributed by atoms with Crippen LogP contribution in [0.25, 0.3) is 0 Å². The number of hydroxylamine groups is 1. The second-order valence-electron chi connectivity index (χ2n) is 8.24. The Morgan fingerprint density at radius 1 is 1.20 bits per heavy atom. The number of pyridine rings is 1. The van der Waals surface area contributed by atoms with Gasteiger partial charge in [-0.1, -0.05) is 19.9 Å². The predicted molar refractivity (Wildman–Crippen MR) is 111 cm³/mol. The van der Waals surface area contributed by atoms with Crippen molar-refractivity contribution in [2.75, 3.05) is 0 Å². The van der Waals surface area contributed by atoms with E-state index in [0.29, 0.717) is 5.56 Å². The molecule has 1 aromatic carbocycles. The Kier molecular flexibility index (Phi) is 7.68. The molecule has 0 saturated carbocycles. The van der Waals surface area contributed by atoms with Crippen molar-refractivity contribution < 1.29 is 22.4 Å². The Morgan fingerprint density at radius 2 is 1.83 bits per heavy atom. The molecule has 0 fully saturated rings. The molecular weight excluding hydrogens is 409 g/mol. The number of benzene rings is 1. The molecule has 1 heterocycles. The largest absolute Gasteiger partial charge is 0.271 e. The lowest BCUT2D eigenvalue weighted by Gasteiger charge is -2.33. The minimum atomic E-state index is -4.14. The summed E-state index contributed by atoms with van der Waals surface area (Å²) in [6, 6.07) is 6.85. The van der Waals surface area contributed by atoms with E-state index in [1.54, 1.807) is 52.9 Å². The van der Waals surface area contributed by atoms with Gasteiger partial charge in [-0.15, -0.1) is 0 Å². The fourth-order valence-corrected chi connectivity index (χ4v) is 4.48. The Labute approximate surface area is 177 Å². The van der Waals surface area contributed by atoms with Crippen molar-refractivity contribution in [3.8, 4) is 0 Å². The quantitative estimate of drug-likeness (QED) is 0.640. The van der Waals surface area contributed by atoms with E-state index in [0.717, 1.165) is 16.4 Å². The van der Waals surface area contributed by atoms with E-state index in [2.05, 4.69) is 10.5 Å². The van der Waals surface area contributed by atoms with Crippen LogP contribution in [-0.4, -0.2) is 35.3 Å². The molecule has 2 aromatic rings. The topological polar surface area (TPSA) is 88.6 Å². The molecule has 2 rings (SSSR count). The van der Waals surface area contributed by atoms with Gasteiger partial charge in [-0.3, -0.25) is 14.6 Å². The van der Waals surface area contributed by atoms with E-state index in [4.69, 9.17) is 4.84 Å². The van der Waals surface area contributed by atoms with Crippen molar-refractivity contribution >= 4 is 15.9 Å². The zero-order chi connectivity index (χ0) is 22.5. The molecule has 0 aliphatic heterocycles. The molecule has 0 unspecified atom stereocenters. The minimum Gasteiger partial charge on any atom is -0.271 e. The van der Waals surface area contributed by atoms with Gasteiger partial charge in [0.05, 0.1) is 10.5 Å². The monoisotopic (exact) mass is 437 g/mol. The lowest BCUT2D eigenvalue weighted by atomic mass is 10.0. The lowest BCUT2D eigenvalue weighted by Crippen LogP contribution is -2.52. The van der Waals surface area contributed by atoms with Crippen LogP contribution in [0, 0.1) is 11.7 Å². The second kappa shape index (κ2) is 9.63. The Balaban J connectivity index is 2.49. The Morgan fingerprint density at radius 3 is 2.33 bits per heavy atom. The summed E-state index contributed by atoms with van der Waals surface area (Å²) in [6.07, 6.45) is 3.11. The minimum absolute atomic E-state index is 0.0840. The van der Waals surface area contributed by atoms with E-state index in [9.17, 15) is 17.6 Å². The van der Waals surface area contributed by atoms with Gasteiger partial charge in [-0.05, 0) is 62.6 Å². The number of carbonyl (C=O) groups is 1. The summed E-state index contributed by atoms with van der Waals surface area (Å²) in [5.41, 5.74) is 2.34. The molecule has 0 saturated heterocycles. The molecule has 30 heavy (non-hydrogen) atoms. The fourth-order valence-electron chi connectivity index (χ4n) is 2.78. The number of rotatable bonds is 8. The van der Waals surface area contributed by atoms with Crippen LogP contribution in [0.4, 0.5) is 4.39 Å². The number of amides is 1. The first-order chi connectivity index (χ1) is 13.9. The summed E-state index contributed by atoms with van der Waals surface area (Å²) < 4.78 is 41.4. The van der Waals surface area contributed by atoms with Crippen LogP contribution in [0.3, 0.4) is 0 Å². The maximum atomic E-state index is 13.5. The number of nitrogens with one attached hydrogen (secondary N) is 1. The molecule has 164 valence electrons. The van der Waals surface area contributed by atoms with Crippen molar-refractivity contribution in [2.45, 2.75) is 57.7 Å².